The summed E-state index contributed by atoms with van der Waals surface area (Å²) in [7, 11) is -3.76. The Morgan fingerprint density at radius 3 is 2.42 bits per heavy atom. The monoisotopic (exact) mass is 278 g/mol. The molecule has 0 bridgehead atoms. The highest BCUT2D eigenvalue weighted by atomic mass is 32.2. The molecule has 0 atom stereocenters. The minimum atomic E-state index is -3.76. The number of hydrogen-bond donors (Lipinski definition) is 2. The third kappa shape index (κ3) is 3.24. The summed E-state index contributed by atoms with van der Waals surface area (Å²) in [5, 5.41) is 5.02. The van der Waals surface area contributed by atoms with Crippen LogP contribution in [-0.2, 0) is 10.0 Å². The maximum atomic E-state index is 11.2. The maximum Gasteiger partial charge on any atom is 0.238 e. The first-order valence-electron chi connectivity index (χ1n) is 5.53. The number of primary sulfonamides is 1. The largest absolute Gasteiger partial charge is 0.455 e. The number of ether oxygens (including phenoxy) is 1. The normalized spacial score (nSPS) is 11.3. The Morgan fingerprint density at radius 1 is 1.11 bits per heavy atom. The second kappa shape index (κ2) is 4.91. The highest BCUT2D eigenvalue weighted by molar-refractivity contribution is 7.89. The fourth-order valence-corrected chi connectivity index (χ4v) is 2.15. The Bertz CT molecular complexity index is 712. The van der Waals surface area contributed by atoms with Gasteiger partial charge in [-0.2, -0.15) is 0 Å². The molecule has 4 N–H and O–H groups in total. The molecule has 0 radical (unpaired) electrons. The molecule has 0 saturated carbocycles. The second-order valence-corrected chi connectivity index (χ2v) is 5.72. The molecule has 0 saturated heterocycles. The maximum absolute atomic E-state index is 11.2. The van der Waals surface area contributed by atoms with Crippen molar-refractivity contribution in [2.45, 2.75) is 11.8 Å². The quantitative estimate of drug-likeness (QED) is 0.839. The van der Waals surface area contributed by atoms with E-state index >= 15 is 0 Å². The standard InChI is InChI=1S/C13H14N2O3S/c1-9-3-2-4-10(7-9)18-13-6-5-11(8-12(13)14)19(15,16)17/h2-8H,14H2,1H3,(H2,15,16,17). The fourth-order valence-electron chi connectivity index (χ4n) is 1.60. The van der Waals surface area contributed by atoms with Crippen LogP contribution in [0.5, 0.6) is 11.5 Å². The van der Waals surface area contributed by atoms with Crippen molar-refractivity contribution in [1.82, 2.24) is 0 Å². The Morgan fingerprint density at radius 2 is 1.84 bits per heavy atom. The Balaban J connectivity index is 2.32. The molecule has 19 heavy (non-hydrogen) atoms. The summed E-state index contributed by atoms with van der Waals surface area (Å²) in [6.45, 7) is 1.94. The number of rotatable bonds is 3. The minimum Gasteiger partial charge on any atom is -0.455 e. The number of aryl methyl sites for hydroxylation is 1. The van der Waals surface area contributed by atoms with E-state index < -0.39 is 10.0 Å². The average Bonchev–Trinajstić information content (AvgIpc) is 2.30. The van der Waals surface area contributed by atoms with Crippen molar-refractivity contribution in [3.8, 4) is 11.5 Å². The molecule has 5 nitrogen and oxygen atoms in total. The molecule has 0 aliphatic heterocycles. The van der Waals surface area contributed by atoms with Gasteiger partial charge < -0.3 is 10.5 Å². The zero-order chi connectivity index (χ0) is 14.0. The third-order valence-corrected chi connectivity index (χ3v) is 3.44. The van der Waals surface area contributed by atoms with Crippen molar-refractivity contribution in [3.63, 3.8) is 0 Å². The van der Waals surface area contributed by atoms with Crippen molar-refractivity contribution >= 4 is 15.7 Å². The Hall–Kier alpha value is -2.05. The molecule has 0 aliphatic rings. The van der Waals surface area contributed by atoms with Crippen LogP contribution in [0.2, 0.25) is 0 Å². The first-order chi connectivity index (χ1) is 8.86. The molecule has 0 spiro atoms. The van der Waals surface area contributed by atoms with Crippen molar-refractivity contribution < 1.29 is 13.2 Å². The van der Waals surface area contributed by atoms with Gasteiger partial charge in [-0.3, -0.25) is 0 Å². The van der Waals surface area contributed by atoms with Gasteiger partial charge in [-0.1, -0.05) is 12.1 Å². The van der Waals surface area contributed by atoms with Crippen LogP contribution < -0.4 is 15.6 Å². The molecule has 6 heteroatoms. The van der Waals surface area contributed by atoms with Gasteiger partial charge in [-0.05, 0) is 42.8 Å². The number of benzene rings is 2. The van der Waals surface area contributed by atoms with Gasteiger partial charge in [-0.15, -0.1) is 0 Å². The second-order valence-electron chi connectivity index (χ2n) is 4.16. The summed E-state index contributed by atoms with van der Waals surface area (Å²) >= 11 is 0. The van der Waals surface area contributed by atoms with Crippen molar-refractivity contribution in [2.24, 2.45) is 5.14 Å². The van der Waals surface area contributed by atoms with E-state index in [0.717, 1.165) is 5.56 Å². The van der Waals surface area contributed by atoms with E-state index in [-0.39, 0.29) is 10.6 Å². The van der Waals surface area contributed by atoms with E-state index in [1.54, 1.807) is 6.07 Å². The van der Waals surface area contributed by atoms with Gasteiger partial charge in [0, 0.05) is 0 Å². The molecular weight excluding hydrogens is 264 g/mol. The van der Waals surface area contributed by atoms with Gasteiger partial charge in [-0.25, -0.2) is 13.6 Å². The average molecular weight is 278 g/mol. The van der Waals surface area contributed by atoms with Gasteiger partial charge in [0.05, 0.1) is 10.6 Å². The molecule has 0 amide bonds. The predicted octanol–water partition coefficient (Wildman–Crippen LogP) is 2.02. The van der Waals surface area contributed by atoms with E-state index in [2.05, 4.69) is 0 Å². The summed E-state index contributed by atoms with van der Waals surface area (Å²) in [4.78, 5) is -0.0402. The van der Waals surface area contributed by atoms with Crippen molar-refractivity contribution in [1.29, 1.82) is 0 Å². The summed E-state index contributed by atoms with van der Waals surface area (Å²) in [5.74, 6) is 1.02. The number of sulfonamides is 1. The van der Waals surface area contributed by atoms with Crippen LogP contribution in [0.15, 0.2) is 47.4 Å². The van der Waals surface area contributed by atoms with E-state index in [1.807, 2.05) is 25.1 Å². The number of hydrogen-bond acceptors (Lipinski definition) is 4. The molecule has 0 fully saturated rings. The molecule has 2 rings (SSSR count). The predicted molar refractivity (Wildman–Crippen MR) is 73.5 cm³/mol. The highest BCUT2D eigenvalue weighted by Gasteiger charge is 2.11. The summed E-state index contributed by atoms with van der Waals surface area (Å²) in [6.07, 6.45) is 0. The van der Waals surface area contributed by atoms with Crippen LogP contribution >= 0.6 is 0 Å². The summed E-state index contributed by atoms with van der Waals surface area (Å²) < 4.78 is 28.0. The first-order valence-corrected chi connectivity index (χ1v) is 7.08. The van der Waals surface area contributed by atoms with E-state index in [0.29, 0.717) is 11.5 Å². The lowest BCUT2D eigenvalue weighted by Gasteiger charge is -2.10. The van der Waals surface area contributed by atoms with Gasteiger partial charge in [0.2, 0.25) is 10.0 Å². The smallest absolute Gasteiger partial charge is 0.238 e. The zero-order valence-corrected chi connectivity index (χ0v) is 11.1. The van der Waals surface area contributed by atoms with E-state index in [4.69, 9.17) is 15.6 Å². The van der Waals surface area contributed by atoms with Crippen LogP contribution in [0.3, 0.4) is 0 Å². The SMILES string of the molecule is Cc1cccc(Oc2ccc(S(N)(=O)=O)cc2N)c1. The molecule has 100 valence electrons. The van der Waals surface area contributed by atoms with Crippen LogP contribution in [-0.4, -0.2) is 8.42 Å². The molecule has 0 unspecified atom stereocenters. The summed E-state index contributed by atoms with van der Waals surface area (Å²) in [5.41, 5.74) is 7.03. The van der Waals surface area contributed by atoms with Crippen LogP contribution in [0.4, 0.5) is 5.69 Å². The Kier molecular flexibility index (Phi) is 3.46. The van der Waals surface area contributed by atoms with Crippen LogP contribution in [0, 0.1) is 6.92 Å². The van der Waals surface area contributed by atoms with E-state index in [9.17, 15) is 8.42 Å². The summed E-state index contributed by atoms with van der Waals surface area (Å²) in [6, 6.07) is 11.6. The van der Waals surface area contributed by atoms with Gasteiger partial charge in [0.1, 0.15) is 11.5 Å². The molecule has 2 aromatic rings. The lowest BCUT2D eigenvalue weighted by Crippen LogP contribution is -2.12. The minimum absolute atomic E-state index is 0.0402. The lowest BCUT2D eigenvalue weighted by molar-refractivity contribution is 0.484. The molecule has 0 aliphatic carbocycles. The fraction of sp³-hybridized carbons (Fsp3) is 0.0769. The number of anilines is 1. The van der Waals surface area contributed by atoms with Gasteiger partial charge in [0.25, 0.3) is 0 Å². The molecule has 0 aromatic heterocycles. The van der Waals surface area contributed by atoms with E-state index in [1.165, 1.54) is 18.2 Å². The highest BCUT2D eigenvalue weighted by Crippen LogP contribution is 2.29. The molecule has 0 heterocycles. The molecule has 2 aromatic carbocycles. The topological polar surface area (TPSA) is 95.4 Å². The molecular formula is C13H14N2O3S. The number of nitrogens with two attached hydrogens (primary N) is 2. The van der Waals surface area contributed by atoms with Crippen molar-refractivity contribution in [2.75, 3.05) is 5.73 Å². The van der Waals surface area contributed by atoms with Gasteiger partial charge in [0.15, 0.2) is 0 Å². The van der Waals surface area contributed by atoms with Crippen LogP contribution in [0.1, 0.15) is 5.56 Å². The third-order valence-electron chi connectivity index (χ3n) is 2.53. The lowest BCUT2D eigenvalue weighted by atomic mass is 10.2. The Labute approximate surface area is 111 Å². The van der Waals surface area contributed by atoms with Crippen LogP contribution in [0.25, 0.3) is 0 Å². The first kappa shape index (κ1) is 13.4. The number of nitrogen functional groups attached to an aromatic ring is 1. The zero-order valence-electron chi connectivity index (χ0n) is 10.3. The van der Waals surface area contributed by atoms with Crippen molar-refractivity contribution in [3.05, 3.63) is 48.0 Å². The van der Waals surface area contributed by atoms with Gasteiger partial charge >= 0.3 is 0 Å².